The van der Waals surface area contributed by atoms with E-state index in [-0.39, 0.29) is 11.3 Å². The number of hydrogen-bond donors (Lipinski definition) is 2. The summed E-state index contributed by atoms with van der Waals surface area (Å²) in [5, 5.41) is 25.9. The molecule has 1 aliphatic heterocycles. The number of anilines is 1. The number of thioether (sulfide) groups is 1. The molecular weight excluding hydrogens is 368 g/mol. The highest BCUT2D eigenvalue weighted by Gasteiger charge is 2.29. The van der Waals surface area contributed by atoms with E-state index in [0.717, 1.165) is 0 Å². The first-order chi connectivity index (χ1) is 13.0. The normalized spacial score (nSPS) is 16.3. The molecule has 27 heavy (non-hydrogen) atoms. The number of benzene rings is 2. The first-order valence-electron chi connectivity index (χ1n) is 7.79. The molecule has 0 radical (unpaired) electrons. The zero-order valence-electron chi connectivity index (χ0n) is 14.1. The molecule has 1 aliphatic rings. The summed E-state index contributed by atoms with van der Waals surface area (Å²) in [5.41, 5.74) is 1.29. The van der Waals surface area contributed by atoms with Crippen LogP contribution in [0.2, 0.25) is 0 Å². The molecule has 1 heterocycles. The number of nitrogens with zero attached hydrogens (tertiary/aromatic N) is 2. The molecule has 0 spiro atoms. The van der Waals surface area contributed by atoms with Crippen molar-refractivity contribution in [1.82, 2.24) is 5.32 Å². The van der Waals surface area contributed by atoms with Crippen LogP contribution in [0.25, 0.3) is 0 Å². The van der Waals surface area contributed by atoms with Gasteiger partial charge in [-0.1, -0.05) is 17.8 Å². The highest BCUT2D eigenvalue weighted by molar-refractivity contribution is 8.03. The summed E-state index contributed by atoms with van der Waals surface area (Å²) in [4.78, 5) is 22.6. The number of non-ortho nitro benzene ring substituents is 1. The Morgan fingerprint density at radius 3 is 2.67 bits per heavy atom. The van der Waals surface area contributed by atoms with Crippen molar-refractivity contribution in [3.05, 3.63) is 74.8 Å². The van der Waals surface area contributed by atoms with Crippen LogP contribution in [0.3, 0.4) is 0 Å². The van der Waals surface area contributed by atoms with Gasteiger partial charge in [-0.05, 0) is 29.8 Å². The number of amides is 1. The maximum absolute atomic E-state index is 12.3. The van der Waals surface area contributed by atoms with Crippen LogP contribution in [-0.4, -0.2) is 17.9 Å². The van der Waals surface area contributed by atoms with Crippen LogP contribution in [-0.2, 0) is 4.79 Å². The molecule has 9 heteroatoms. The molecule has 1 atom stereocenters. The van der Waals surface area contributed by atoms with E-state index < -0.39 is 16.2 Å². The fourth-order valence-electron chi connectivity index (χ4n) is 2.45. The monoisotopic (exact) mass is 382 g/mol. The Hall–Kier alpha value is -3.51. The van der Waals surface area contributed by atoms with E-state index in [0.29, 0.717) is 22.0 Å². The summed E-state index contributed by atoms with van der Waals surface area (Å²) in [6.45, 7) is 0. The molecular formula is C18H14N4O4S. The number of methoxy groups -OCH3 is 1. The number of ether oxygens (including phenoxy) is 1. The van der Waals surface area contributed by atoms with Gasteiger partial charge in [0.15, 0.2) is 0 Å². The van der Waals surface area contributed by atoms with Crippen molar-refractivity contribution in [2.45, 2.75) is 5.37 Å². The van der Waals surface area contributed by atoms with Crippen LogP contribution in [0.4, 0.5) is 11.4 Å². The van der Waals surface area contributed by atoms with Gasteiger partial charge in [0.2, 0.25) is 0 Å². The van der Waals surface area contributed by atoms with Crippen molar-refractivity contribution in [3.8, 4) is 11.8 Å². The molecule has 0 aliphatic carbocycles. The van der Waals surface area contributed by atoms with Gasteiger partial charge in [0.25, 0.3) is 11.6 Å². The van der Waals surface area contributed by atoms with Crippen molar-refractivity contribution in [3.63, 3.8) is 0 Å². The molecule has 2 N–H and O–H groups in total. The fraction of sp³-hybridized carbons (Fsp3) is 0.111. The van der Waals surface area contributed by atoms with Crippen molar-refractivity contribution < 1.29 is 14.5 Å². The van der Waals surface area contributed by atoms with Crippen LogP contribution < -0.4 is 15.4 Å². The summed E-state index contributed by atoms with van der Waals surface area (Å²) in [7, 11) is 1.55. The number of nitrogens with one attached hydrogen (secondary N) is 2. The minimum absolute atomic E-state index is 0.0269. The average molecular weight is 382 g/mol. The number of hydrogen-bond acceptors (Lipinski definition) is 7. The molecule has 2 aromatic carbocycles. The van der Waals surface area contributed by atoms with Gasteiger partial charge in [0.1, 0.15) is 22.8 Å². The van der Waals surface area contributed by atoms with E-state index >= 15 is 0 Å². The fourth-order valence-corrected chi connectivity index (χ4v) is 3.58. The molecule has 0 unspecified atom stereocenters. The quantitative estimate of drug-likeness (QED) is 0.602. The minimum Gasteiger partial charge on any atom is -0.497 e. The largest absolute Gasteiger partial charge is 0.497 e. The first kappa shape index (κ1) is 18.3. The average Bonchev–Trinajstić information content (AvgIpc) is 2.68. The maximum Gasteiger partial charge on any atom is 0.269 e. The predicted octanol–water partition coefficient (Wildman–Crippen LogP) is 3.31. The number of nitriles is 1. The number of carbonyl (C=O) groups excluding carboxylic acids is 1. The number of carbonyl (C=O) groups is 1. The van der Waals surface area contributed by atoms with Crippen molar-refractivity contribution in [2.75, 3.05) is 12.4 Å². The smallest absolute Gasteiger partial charge is 0.269 e. The summed E-state index contributed by atoms with van der Waals surface area (Å²) in [6.07, 6.45) is 0. The van der Waals surface area contributed by atoms with E-state index in [4.69, 9.17) is 4.74 Å². The molecule has 0 saturated carbocycles. The Kier molecular flexibility index (Phi) is 5.28. The summed E-state index contributed by atoms with van der Waals surface area (Å²) in [6, 6.07) is 14.9. The third-order valence-corrected chi connectivity index (χ3v) is 4.97. The van der Waals surface area contributed by atoms with Crippen LogP contribution in [0.1, 0.15) is 10.9 Å². The Labute approximate surface area is 159 Å². The van der Waals surface area contributed by atoms with Crippen LogP contribution >= 0.6 is 11.8 Å². The van der Waals surface area contributed by atoms with Crippen molar-refractivity contribution in [1.29, 1.82) is 5.26 Å². The van der Waals surface area contributed by atoms with Gasteiger partial charge in [-0.2, -0.15) is 5.26 Å². The SMILES string of the molecule is COc1cccc(NC2=C(C#N)C(=O)N[C@@H](c3ccc([N+](=O)[O-])cc3)S2)c1. The van der Waals surface area contributed by atoms with Crippen molar-refractivity contribution >= 4 is 29.0 Å². The first-order valence-corrected chi connectivity index (χ1v) is 8.67. The molecule has 0 saturated heterocycles. The van der Waals surface area contributed by atoms with Gasteiger partial charge in [-0.3, -0.25) is 14.9 Å². The summed E-state index contributed by atoms with van der Waals surface area (Å²) >= 11 is 1.25. The molecule has 2 aromatic rings. The van der Waals surface area contributed by atoms with Gasteiger partial charge in [0, 0.05) is 23.9 Å². The molecule has 1 amide bonds. The van der Waals surface area contributed by atoms with E-state index in [1.807, 2.05) is 6.07 Å². The molecule has 8 nitrogen and oxygen atoms in total. The van der Waals surface area contributed by atoms with Gasteiger partial charge in [-0.25, -0.2) is 0 Å². The Bertz CT molecular complexity index is 966. The second kappa shape index (κ2) is 7.80. The third-order valence-electron chi connectivity index (χ3n) is 3.80. The molecule has 0 fully saturated rings. The topological polar surface area (TPSA) is 117 Å². The molecule has 136 valence electrons. The lowest BCUT2D eigenvalue weighted by Crippen LogP contribution is -2.33. The Morgan fingerprint density at radius 2 is 2.04 bits per heavy atom. The lowest BCUT2D eigenvalue weighted by molar-refractivity contribution is -0.384. The zero-order chi connectivity index (χ0) is 19.4. The maximum atomic E-state index is 12.3. The van der Waals surface area contributed by atoms with Crippen LogP contribution in [0.5, 0.6) is 5.75 Å². The lowest BCUT2D eigenvalue weighted by atomic mass is 10.2. The van der Waals surface area contributed by atoms with E-state index in [2.05, 4.69) is 10.6 Å². The van der Waals surface area contributed by atoms with E-state index in [1.54, 1.807) is 43.5 Å². The van der Waals surface area contributed by atoms with Gasteiger partial charge < -0.3 is 15.4 Å². The molecule has 3 rings (SSSR count). The second-order valence-corrected chi connectivity index (χ2v) is 6.61. The standard InChI is InChI=1S/C18H14N4O4S/c1-26-14-4-2-3-12(9-14)20-18-15(10-19)16(23)21-17(27-18)11-5-7-13(8-6-11)22(24)25/h2-9,17,20H,1H3,(H,21,23)/t17-/m1/s1. The number of rotatable bonds is 5. The van der Waals surface area contributed by atoms with Gasteiger partial charge in [-0.15, -0.1) is 0 Å². The predicted molar refractivity (Wildman–Crippen MR) is 101 cm³/mol. The Morgan fingerprint density at radius 1 is 1.30 bits per heavy atom. The second-order valence-electron chi connectivity index (χ2n) is 5.49. The highest BCUT2D eigenvalue weighted by Crippen LogP contribution is 2.38. The molecule has 0 bridgehead atoms. The third kappa shape index (κ3) is 4.02. The number of nitro benzene ring substituents is 1. The van der Waals surface area contributed by atoms with Crippen LogP contribution in [0.15, 0.2) is 59.1 Å². The Balaban J connectivity index is 1.88. The summed E-state index contributed by atoms with van der Waals surface area (Å²) < 4.78 is 5.18. The van der Waals surface area contributed by atoms with Gasteiger partial charge >= 0.3 is 0 Å². The van der Waals surface area contributed by atoms with Gasteiger partial charge in [0.05, 0.1) is 17.1 Å². The minimum atomic E-state index is -0.509. The molecule has 0 aromatic heterocycles. The van der Waals surface area contributed by atoms with E-state index in [1.165, 1.54) is 23.9 Å². The number of nitro groups is 1. The van der Waals surface area contributed by atoms with Crippen molar-refractivity contribution in [2.24, 2.45) is 0 Å². The summed E-state index contributed by atoms with van der Waals surface area (Å²) in [5.74, 6) is 0.126. The zero-order valence-corrected chi connectivity index (χ0v) is 14.9. The van der Waals surface area contributed by atoms with E-state index in [9.17, 15) is 20.2 Å². The highest BCUT2D eigenvalue weighted by atomic mass is 32.2. The van der Waals surface area contributed by atoms with Crippen LogP contribution in [0, 0.1) is 21.4 Å². The lowest BCUT2D eigenvalue weighted by Gasteiger charge is -2.26.